The summed E-state index contributed by atoms with van der Waals surface area (Å²) < 4.78 is 96.5. The first kappa shape index (κ1) is 93.1. The maximum atomic E-state index is 16.0. The third-order valence-corrected chi connectivity index (χ3v) is 51.4. The van der Waals surface area contributed by atoms with Crippen molar-refractivity contribution in [1.82, 2.24) is 0 Å². The molecule has 19 atom stereocenters. The lowest BCUT2D eigenvalue weighted by Gasteiger charge is -2.53. The number of Topliss-reactive ketones (excluding diaryl/α,β-unsaturated/α-hetero) is 1. The van der Waals surface area contributed by atoms with Gasteiger partial charge in [-0.05, 0) is 134 Å². The molecule has 636 valence electrons. The molecule has 0 bridgehead atoms. The van der Waals surface area contributed by atoms with Crippen molar-refractivity contribution in [3.63, 3.8) is 0 Å². The molecule has 6 aliphatic rings. The molecule has 4 aromatic carbocycles. The van der Waals surface area contributed by atoms with Gasteiger partial charge in [0.05, 0.1) is 93.1 Å². The van der Waals surface area contributed by atoms with Crippen LogP contribution >= 0.6 is 0 Å². The van der Waals surface area contributed by atoms with Crippen LogP contribution in [-0.4, -0.2) is 178 Å². The zero-order valence-corrected chi connectivity index (χ0v) is 79.4. The second kappa shape index (κ2) is 39.3. The van der Waals surface area contributed by atoms with Gasteiger partial charge in [0.2, 0.25) is 0 Å². The van der Waals surface area contributed by atoms with E-state index in [1.54, 1.807) is 13.2 Å². The van der Waals surface area contributed by atoms with Crippen molar-refractivity contribution in [2.45, 2.75) is 350 Å². The third-order valence-electron chi connectivity index (χ3n) is 27.6. The Morgan fingerprint density at radius 3 is 1.59 bits per heavy atom. The number of ketones is 1. The summed E-state index contributed by atoms with van der Waals surface area (Å²) in [5.41, 5.74) is 2.15. The van der Waals surface area contributed by atoms with Crippen LogP contribution in [0.3, 0.4) is 0 Å². The zero-order chi connectivity index (χ0) is 83.7. The van der Waals surface area contributed by atoms with Crippen molar-refractivity contribution in [3.8, 4) is 0 Å². The normalized spacial score (nSPS) is 28.7. The predicted octanol–water partition coefficient (Wildman–Crippen LogP) is 19.5. The highest BCUT2D eigenvalue weighted by molar-refractivity contribution is 7.00. The molecule has 1 unspecified atom stereocenters. The van der Waals surface area contributed by atoms with Gasteiger partial charge in [0.15, 0.2) is 25.0 Å². The minimum absolute atomic E-state index is 0.0122. The minimum atomic E-state index is -3.43. The number of rotatable bonds is 38. The second-order valence-electron chi connectivity index (χ2n) is 39.3. The van der Waals surface area contributed by atoms with Gasteiger partial charge < -0.3 is 60.0 Å². The molecular formula is C96H148O14Si5. The largest absolute Gasteiger partial charge is 0.414 e. The maximum Gasteiger partial charge on any atom is 0.261 e. The Labute approximate surface area is 700 Å². The molecule has 6 aliphatic heterocycles. The quantitative estimate of drug-likeness (QED) is 0.0239. The van der Waals surface area contributed by atoms with Crippen LogP contribution in [0.4, 0.5) is 0 Å². The molecule has 4 aromatic rings. The fourth-order valence-corrected chi connectivity index (χ4v) is 33.4. The lowest BCUT2D eigenvalue weighted by Crippen LogP contribution is -2.73. The number of hydrogen-bond donors (Lipinski definition) is 0. The Morgan fingerprint density at radius 2 is 1.09 bits per heavy atom. The Morgan fingerprint density at radius 1 is 0.557 bits per heavy atom. The molecule has 115 heavy (non-hydrogen) atoms. The molecule has 19 heteroatoms. The molecule has 0 aromatic heterocycles. The van der Waals surface area contributed by atoms with Gasteiger partial charge in [-0.25, -0.2) is 0 Å². The van der Waals surface area contributed by atoms with Crippen LogP contribution in [0.25, 0.3) is 0 Å². The average molecular weight is 1670 g/mol. The summed E-state index contributed by atoms with van der Waals surface area (Å²) in [5.74, 6) is -0.0645. The van der Waals surface area contributed by atoms with E-state index in [0.29, 0.717) is 51.9 Å². The van der Waals surface area contributed by atoms with Gasteiger partial charge in [-0.1, -0.05) is 270 Å². The topological polar surface area (TPSA) is 137 Å². The van der Waals surface area contributed by atoms with Gasteiger partial charge in [-0.3, -0.25) is 4.79 Å². The summed E-state index contributed by atoms with van der Waals surface area (Å²) in [6.45, 7) is 65.1. The second-order valence-corrected chi connectivity index (χ2v) is 62.1. The number of hydrogen-bond acceptors (Lipinski definition) is 14. The van der Waals surface area contributed by atoms with Crippen molar-refractivity contribution in [3.05, 3.63) is 183 Å². The van der Waals surface area contributed by atoms with Crippen LogP contribution in [0.15, 0.2) is 183 Å². The molecule has 6 heterocycles. The molecule has 6 fully saturated rings. The number of carbonyl (C=O) groups is 1. The SMILES string of the molecule is C=CCOCC=C[C@H]1CC(=C)[C@H](CC[C@H]2C[C@@H](C)C(=C)[C@@H](C[C@@H]3O[C@H](C[C@@H](CO[Si](C)(C)C(C)(C)C)O[Si](C)(C)C(C)(C)C)[C@H](OC)[C@H]3CC(=O)C[C@H]3CC[C@@H]4O[C@@H]5[C@@H](O[C@H](CC(C=C)O[Si](CC)(CC)CC)[C@@H]5O[Si](c5ccccc5)(c5ccccc5)C(C)(C)C)[C@@H](O[Si](c5ccccc5)(c5ccccc5)C(C)(C)C)[C@H]4O3)O2)O1. The van der Waals surface area contributed by atoms with E-state index < -0.39 is 114 Å². The lowest BCUT2D eigenvalue weighted by molar-refractivity contribution is -0.254. The Balaban J connectivity index is 1.01. The molecule has 6 saturated heterocycles. The van der Waals surface area contributed by atoms with E-state index >= 15 is 4.79 Å². The van der Waals surface area contributed by atoms with Crippen molar-refractivity contribution < 1.29 is 64.8 Å². The van der Waals surface area contributed by atoms with Crippen LogP contribution < -0.4 is 20.7 Å². The van der Waals surface area contributed by atoms with Gasteiger partial charge >= 0.3 is 0 Å². The molecule has 0 saturated carbocycles. The van der Waals surface area contributed by atoms with E-state index in [9.17, 15) is 0 Å². The van der Waals surface area contributed by atoms with E-state index in [4.69, 9.17) is 66.6 Å². The highest BCUT2D eigenvalue weighted by Gasteiger charge is 2.65. The number of benzene rings is 4. The fourth-order valence-electron chi connectivity index (χ4n) is 18.8. The highest BCUT2D eigenvalue weighted by atomic mass is 28.4. The average Bonchev–Trinajstić information content (AvgIpc) is 1.66. The van der Waals surface area contributed by atoms with Crippen molar-refractivity contribution in [2.75, 3.05) is 26.9 Å². The molecule has 14 nitrogen and oxygen atoms in total. The smallest absolute Gasteiger partial charge is 0.261 e. The first-order chi connectivity index (χ1) is 54.3. The van der Waals surface area contributed by atoms with Crippen molar-refractivity contribution >= 4 is 68.1 Å². The summed E-state index contributed by atoms with van der Waals surface area (Å²) in [4.78, 5) is 16.0. The Bertz CT molecular complexity index is 3700. The van der Waals surface area contributed by atoms with Crippen LogP contribution in [0.5, 0.6) is 0 Å². The van der Waals surface area contributed by atoms with E-state index in [1.807, 2.05) is 12.2 Å². The molecule has 0 radical (unpaired) electrons. The summed E-state index contributed by atoms with van der Waals surface area (Å²) in [7, 11) is -11.8. The van der Waals surface area contributed by atoms with E-state index in [-0.39, 0.29) is 82.2 Å². The van der Waals surface area contributed by atoms with Gasteiger partial charge in [-0.2, -0.15) is 0 Å². The summed E-state index contributed by atoms with van der Waals surface area (Å²) in [6, 6.07) is 46.6. The standard InChI is InChI=1S/C96H148O14Si5/c1-26-57-99-58-43-44-72-60-68(7)81(101-72)55-53-73-59-67(6)69(8)83(102-73)65-84-80(87(98-21)85(104-84)64-75(107-112(24,25)94(12,13)14)66-100-111(22,23)93(9,10)11)62-70(97)61-74-54-56-82-88(103-74)92(110-115(96(18,19)20,78-49-39-33-40-50-78)79-51-41-34-42-52-79)91-90(105-82)89(86(106-91)63-71(27-2)108-113(28-3,29-4)30-5)109-114(95(15,16)17,76-45-35-31-36-46-76)77-47-37-32-38-48-77/h26-27,31-52,67,71-75,80-92H,1-2,7-8,28-30,53-66H2,3-6,9-25H3/t67-,71?,72+,73+,74-,75+,80+,81+,82+,83-,84+,85-,86-,87-,88+,89+,90+,91-,92+/m1/s1. The number of carbonyl (C=O) groups excluding carboxylic acids is 1. The van der Waals surface area contributed by atoms with E-state index in [1.165, 1.54) is 10.4 Å². The maximum absolute atomic E-state index is 16.0. The number of fused-ring (bicyclic) bond motifs is 2. The van der Waals surface area contributed by atoms with E-state index in [0.717, 1.165) is 65.3 Å². The monoisotopic (exact) mass is 1660 g/mol. The molecule has 0 amide bonds. The zero-order valence-electron chi connectivity index (χ0n) is 74.4. The van der Waals surface area contributed by atoms with Crippen molar-refractivity contribution in [2.24, 2.45) is 11.8 Å². The van der Waals surface area contributed by atoms with Gasteiger partial charge in [0, 0.05) is 51.6 Å². The predicted molar refractivity (Wildman–Crippen MR) is 482 cm³/mol. The molecule has 10 rings (SSSR count). The van der Waals surface area contributed by atoms with Gasteiger partial charge in [0.25, 0.3) is 16.6 Å². The van der Waals surface area contributed by atoms with Crippen molar-refractivity contribution in [1.29, 1.82) is 0 Å². The summed E-state index contributed by atoms with van der Waals surface area (Å²) >= 11 is 0. The van der Waals surface area contributed by atoms with Crippen LogP contribution in [-0.2, 0) is 64.8 Å². The van der Waals surface area contributed by atoms with E-state index in [2.05, 4.69) is 284 Å². The summed E-state index contributed by atoms with van der Waals surface area (Å²) in [6.07, 6.45) is 7.19. The van der Waals surface area contributed by atoms with Gasteiger partial charge in [0.1, 0.15) is 36.3 Å². The minimum Gasteiger partial charge on any atom is -0.414 e. The highest BCUT2D eigenvalue weighted by Crippen LogP contribution is 2.51. The molecule has 0 aliphatic carbocycles. The third kappa shape index (κ3) is 21.5. The van der Waals surface area contributed by atoms with Crippen LogP contribution in [0.2, 0.25) is 64.5 Å². The number of ether oxygens (including phenoxy) is 8. The fraction of sp³-hybridized carbons (Fsp3) is 0.635. The first-order valence-corrected chi connectivity index (χ1v) is 55.9. The van der Waals surface area contributed by atoms with Crippen LogP contribution in [0.1, 0.15) is 181 Å². The van der Waals surface area contributed by atoms with Gasteiger partial charge in [-0.15, -0.1) is 13.2 Å². The molecular weight excluding hydrogens is 1520 g/mol. The lowest BCUT2D eigenvalue weighted by atomic mass is 9.81. The Kier molecular flexibility index (Phi) is 31.8. The summed E-state index contributed by atoms with van der Waals surface area (Å²) in [5, 5.41) is 3.76. The molecule has 0 N–H and O–H groups in total. The molecule has 0 spiro atoms. The first-order valence-electron chi connectivity index (χ1n) is 43.7. The number of methoxy groups -OCH3 is 1. The van der Waals surface area contributed by atoms with Crippen LogP contribution in [0, 0.1) is 11.8 Å². The Hall–Kier alpha value is -4.19.